The zero-order valence-corrected chi connectivity index (χ0v) is 13.5. The van der Waals surface area contributed by atoms with Crippen LogP contribution in [0.15, 0.2) is 0 Å². The molecule has 0 radical (unpaired) electrons. The molecule has 19 heavy (non-hydrogen) atoms. The molecule has 0 saturated heterocycles. The van der Waals surface area contributed by atoms with Crippen LogP contribution in [-0.2, 0) is 14.6 Å². The zero-order valence-electron chi connectivity index (χ0n) is 12.7. The Hall–Kier alpha value is -0.130. The van der Waals surface area contributed by atoms with Gasteiger partial charge in [0.1, 0.15) is 9.84 Å². The van der Waals surface area contributed by atoms with Crippen LogP contribution in [0.4, 0.5) is 0 Å². The summed E-state index contributed by atoms with van der Waals surface area (Å²) in [5.41, 5.74) is 0. The molecule has 1 aliphatic carbocycles. The molecule has 5 heteroatoms. The van der Waals surface area contributed by atoms with Gasteiger partial charge < -0.3 is 10.1 Å². The molecule has 0 aromatic carbocycles. The van der Waals surface area contributed by atoms with E-state index in [1.165, 1.54) is 6.26 Å². The normalized spacial score (nSPS) is 28.0. The van der Waals surface area contributed by atoms with E-state index in [-0.39, 0.29) is 11.4 Å². The molecule has 1 aliphatic rings. The molecule has 0 aromatic rings. The fourth-order valence-electron chi connectivity index (χ4n) is 3.08. The van der Waals surface area contributed by atoms with Gasteiger partial charge in [-0.15, -0.1) is 0 Å². The molecule has 1 saturated carbocycles. The van der Waals surface area contributed by atoms with E-state index in [4.69, 9.17) is 4.74 Å². The SMILES string of the molecule is CNC(CCC(C)OC)C1CCCC(S(C)(=O)=O)C1. The Kier molecular flexibility index (Phi) is 6.77. The number of ether oxygens (including phenoxy) is 1. The third kappa shape index (κ3) is 5.40. The Morgan fingerprint density at radius 2 is 2.00 bits per heavy atom. The summed E-state index contributed by atoms with van der Waals surface area (Å²) in [5, 5.41) is 3.24. The maximum absolute atomic E-state index is 11.7. The van der Waals surface area contributed by atoms with E-state index in [0.29, 0.717) is 12.0 Å². The van der Waals surface area contributed by atoms with Crippen LogP contribution in [0.3, 0.4) is 0 Å². The van der Waals surface area contributed by atoms with Crippen molar-refractivity contribution in [2.75, 3.05) is 20.4 Å². The summed E-state index contributed by atoms with van der Waals surface area (Å²) < 4.78 is 28.7. The highest BCUT2D eigenvalue weighted by Crippen LogP contribution is 2.32. The average Bonchev–Trinajstić information content (AvgIpc) is 2.38. The third-order valence-electron chi connectivity index (χ3n) is 4.50. The van der Waals surface area contributed by atoms with Gasteiger partial charge in [-0.2, -0.15) is 0 Å². The summed E-state index contributed by atoms with van der Waals surface area (Å²) in [4.78, 5) is 0. The maximum Gasteiger partial charge on any atom is 0.150 e. The van der Waals surface area contributed by atoms with E-state index in [9.17, 15) is 8.42 Å². The maximum atomic E-state index is 11.7. The minimum Gasteiger partial charge on any atom is -0.382 e. The van der Waals surface area contributed by atoms with Gasteiger partial charge in [0, 0.05) is 19.4 Å². The summed E-state index contributed by atoms with van der Waals surface area (Å²) in [6.07, 6.45) is 7.52. The van der Waals surface area contributed by atoms with Crippen LogP contribution < -0.4 is 5.32 Å². The van der Waals surface area contributed by atoms with Gasteiger partial charge in [0.15, 0.2) is 0 Å². The number of nitrogens with one attached hydrogen (secondary N) is 1. The Labute approximate surface area is 118 Å². The predicted octanol–water partition coefficient (Wildman–Crippen LogP) is 1.99. The van der Waals surface area contributed by atoms with Crippen molar-refractivity contribution in [2.24, 2.45) is 5.92 Å². The molecule has 1 fully saturated rings. The number of methoxy groups -OCH3 is 1. The molecular weight excluding hydrogens is 262 g/mol. The van der Waals surface area contributed by atoms with Crippen LogP contribution in [0.2, 0.25) is 0 Å². The van der Waals surface area contributed by atoms with Gasteiger partial charge in [-0.05, 0) is 52.0 Å². The monoisotopic (exact) mass is 291 g/mol. The van der Waals surface area contributed by atoms with Gasteiger partial charge in [-0.25, -0.2) is 8.42 Å². The van der Waals surface area contributed by atoms with Gasteiger partial charge >= 0.3 is 0 Å². The molecular formula is C14H29NO3S. The summed E-state index contributed by atoms with van der Waals surface area (Å²) in [5.74, 6) is 0.475. The number of rotatable bonds is 7. The molecule has 1 rings (SSSR count). The lowest BCUT2D eigenvalue weighted by atomic mass is 9.81. The molecule has 4 atom stereocenters. The molecule has 4 nitrogen and oxygen atoms in total. The molecule has 0 aromatic heterocycles. The van der Waals surface area contributed by atoms with E-state index in [2.05, 4.69) is 12.2 Å². The molecule has 114 valence electrons. The van der Waals surface area contributed by atoms with Crippen molar-refractivity contribution in [3.8, 4) is 0 Å². The Morgan fingerprint density at radius 1 is 1.32 bits per heavy atom. The lowest BCUT2D eigenvalue weighted by Gasteiger charge is -2.34. The smallest absolute Gasteiger partial charge is 0.150 e. The molecule has 0 bridgehead atoms. The van der Waals surface area contributed by atoms with Crippen molar-refractivity contribution in [3.63, 3.8) is 0 Å². The molecule has 0 amide bonds. The molecule has 1 N–H and O–H groups in total. The summed E-state index contributed by atoms with van der Waals surface area (Å²) in [6, 6.07) is 0.405. The number of sulfone groups is 1. The first-order valence-electron chi connectivity index (χ1n) is 7.27. The van der Waals surface area contributed by atoms with Crippen LogP contribution in [-0.4, -0.2) is 46.2 Å². The van der Waals surface area contributed by atoms with Gasteiger partial charge in [-0.1, -0.05) is 6.42 Å². The van der Waals surface area contributed by atoms with Crippen molar-refractivity contribution in [1.29, 1.82) is 0 Å². The number of hydrogen-bond acceptors (Lipinski definition) is 4. The molecule has 0 spiro atoms. The van der Waals surface area contributed by atoms with Crippen molar-refractivity contribution >= 4 is 9.84 Å². The number of hydrogen-bond donors (Lipinski definition) is 1. The molecule has 4 unspecified atom stereocenters. The summed E-state index contributed by atoms with van der Waals surface area (Å²) in [6.45, 7) is 2.08. The van der Waals surface area contributed by atoms with Crippen molar-refractivity contribution in [1.82, 2.24) is 5.32 Å². The van der Waals surface area contributed by atoms with E-state index in [0.717, 1.165) is 38.5 Å². The largest absolute Gasteiger partial charge is 0.382 e. The van der Waals surface area contributed by atoms with Gasteiger partial charge in [0.25, 0.3) is 0 Å². The van der Waals surface area contributed by atoms with Crippen molar-refractivity contribution in [2.45, 2.75) is 62.8 Å². The van der Waals surface area contributed by atoms with E-state index >= 15 is 0 Å². The predicted molar refractivity (Wildman–Crippen MR) is 79.1 cm³/mol. The molecule has 0 aliphatic heterocycles. The van der Waals surface area contributed by atoms with Crippen molar-refractivity contribution < 1.29 is 13.2 Å². The Morgan fingerprint density at radius 3 is 2.53 bits per heavy atom. The fraction of sp³-hybridized carbons (Fsp3) is 1.00. The highest BCUT2D eigenvalue weighted by molar-refractivity contribution is 7.91. The first-order valence-corrected chi connectivity index (χ1v) is 9.22. The Balaban J connectivity index is 2.55. The van der Waals surface area contributed by atoms with Crippen LogP contribution >= 0.6 is 0 Å². The van der Waals surface area contributed by atoms with E-state index in [1.807, 2.05) is 7.05 Å². The average molecular weight is 291 g/mol. The first kappa shape index (κ1) is 16.9. The second kappa shape index (κ2) is 7.60. The first-order chi connectivity index (χ1) is 8.88. The van der Waals surface area contributed by atoms with E-state index in [1.54, 1.807) is 7.11 Å². The second-order valence-corrected chi connectivity index (χ2v) is 8.22. The van der Waals surface area contributed by atoms with E-state index < -0.39 is 9.84 Å². The highest BCUT2D eigenvalue weighted by atomic mass is 32.2. The summed E-state index contributed by atoms with van der Waals surface area (Å²) >= 11 is 0. The topological polar surface area (TPSA) is 55.4 Å². The zero-order chi connectivity index (χ0) is 14.5. The standard InChI is InChI=1S/C14H29NO3S/c1-11(18-3)8-9-14(15-2)12-6-5-7-13(10-12)19(4,16)17/h11-15H,5-10H2,1-4H3. The van der Waals surface area contributed by atoms with Crippen LogP contribution in [0.5, 0.6) is 0 Å². The van der Waals surface area contributed by atoms with Gasteiger partial charge in [-0.3, -0.25) is 0 Å². The third-order valence-corrected chi connectivity index (χ3v) is 6.14. The minimum absolute atomic E-state index is 0.137. The highest BCUT2D eigenvalue weighted by Gasteiger charge is 2.32. The van der Waals surface area contributed by atoms with Crippen LogP contribution in [0.1, 0.15) is 45.4 Å². The summed E-state index contributed by atoms with van der Waals surface area (Å²) in [7, 11) is 0.825. The quantitative estimate of drug-likeness (QED) is 0.779. The van der Waals surface area contributed by atoms with Crippen LogP contribution in [0.25, 0.3) is 0 Å². The van der Waals surface area contributed by atoms with Crippen LogP contribution in [0, 0.1) is 5.92 Å². The lowest BCUT2D eigenvalue weighted by Crippen LogP contribution is -2.39. The Bertz CT molecular complexity index is 356. The lowest BCUT2D eigenvalue weighted by molar-refractivity contribution is 0.102. The van der Waals surface area contributed by atoms with Gasteiger partial charge in [0.05, 0.1) is 11.4 Å². The minimum atomic E-state index is -2.89. The van der Waals surface area contributed by atoms with Crippen molar-refractivity contribution in [3.05, 3.63) is 0 Å². The molecule has 0 heterocycles. The van der Waals surface area contributed by atoms with Gasteiger partial charge in [0.2, 0.25) is 0 Å². The fourth-order valence-corrected chi connectivity index (χ4v) is 4.27. The second-order valence-electron chi connectivity index (χ2n) is 5.90.